The minimum atomic E-state index is -0.861. The summed E-state index contributed by atoms with van der Waals surface area (Å²) < 4.78 is 4.95. The van der Waals surface area contributed by atoms with E-state index in [1.165, 1.54) is 18.2 Å². The highest BCUT2D eigenvalue weighted by atomic mass is 16.6. The van der Waals surface area contributed by atoms with Crippen molar-refractivity contribution in [3.05, 3.63) is 52.1 Å². The lowest BCUT2D eigenvalue weighted by molar-refractivity contribution is -0.384. The predicted octanol–water partition coefficient (Wildman–Crippen LogP) is 1.37. The summed E-state index contributed by atoms with van der Waals surface area (Å²) >= 11 is 0. The second kappa shape index (κ2) is 6.58. The molecule has 0 N–H and O–H groups in total. The van der Waals surface area contributed by atoms with Crippen LogP contribution in [-0.2, 0) is 19.1 Å². The third-order valence-corrected chi connectivity index (χ3v) is 6.78. The van der Waals surface area contributed by atoms with Crippen molar-refractivity contribution in [1.29, 1.82) is 0 Å². The summed E-state index contributed by atoms with van der Waals surface area (Å²) in [5, 5.41) is 10.8. The number of ketones is 1. The van der Waals surface area contributed by atoms with Crippen LogP contribution in [0.1, 0.15) is 16.8 Å². The normalized spacial score (nSPS) is 32.6. The number of allylic oxidation sites excluding steroid dienone is 2. The van der Waals surface area contributed by atoms with E-state index in [1.54, 1.807) is 0 Å². The quantitative estimate of drug-likeness (QED) is 0.173. The average Bonchev–Trinajstić information content (AvgIpc) is 3.53. The van der Waals surface area contributed by atoms with Gasteiger partial charge >= 0.3 is 5.97 Å². The number of nitro groups is 1. The third kappa shape index (κ3) is 2.76. The van der Waals surface area contributed by atoms with E-state index in [9.17, 15) is 29.3 Å². The Morgan fingerprint density at radius 2 is 1.73 bits per heavy atom. The second-order valence-electron chi connectivity index (χ2n) is 8.31. The van der Waals surface area contributed by atoms with Gasteiger partial charge in [0.25, 0.3) is 5.69 Å². The number of carbonyl (C=O) groups is 4. The highest BCUT2D eigenvalue weighted by Gasteiger charge is 2.67. The fraction of sp³-hybridized carbons (Fsp3) is 0.429. The molecule has 9 heteroatoms. The van der Waals surface area contributed by atoms with Crippen LogP contribution in [0.15, 0.2) is 36.4 Å². The highest BCUT2D eigenvalue weighted by molar-refractivity contribution is 6.08. The van der Waals surface area contributed by atoms with Crippen LogP contribution in [0, 0.1) is 45.6 Å². The minimum Gasteiger partial charge on any atom is -0.456 e. The molecular weight excluding hydrogens is 392 g/mol. The lowest BCUT2D eigenvalue weighted by Crippen LogP contribution is -2.40. The Balaban J connectivity index is 1.21. The van der Waals surface area contributed by atoms with Crippen molar-refractivity contribution in [2.45, 2.75) is 6.42 Å². The SMILES string of the molecule is O=C(CN1C(=O)[C@@H]2[C@H]3C=C[C@@H]([C@@H]4C[C@H]34)[C@H]2C1=O)OCC(=O)c1cccc([N+](=O)[O-])c1. The minimum absolute atomic E-state index is 0.0400. The van der Waals surface area contributed by atoms with Gasteiger partial charge < -0.3 is 4.74 Å². The summed E-state index contributed by atoms with van der Waals surface area (Å²) in [6.07, 6.45) is 5.15. The molecule has 5 aliphatic rings. The maximum Gasteiger partial charge on any atom is 0.326 e. The number of hydrogen-bond acceptors (Lipinski definition) is 7. The van der Waals surface area contributed by atoms with E-state index in [0.717, 1.165) is 17.4 Å². The number of benzene rings is 1. The standard InChI is InChI=1S/C21H18N2O7/c24-16(10-2-1-3-11(6-10)23(28)29)9-30-17(25)8-22-20(26)18-12-4-5-13(15-7-14(12)15)19(18)21(22)27/h1-6,12-15,18-19H,7-9H2/t12-,13-,14-,15+,18+,19+/m0/s1. The third-order valence-electron chi connectivity index (χ3n) is 6.78. The molecule has 0 spiro atoms. The maximum absolute atomic E-state index is 12.8. The smallest absolute Gasteiger partial charge is 0.326 e. The van der Waals surface area contributed by atoms with E-state index < -0.39 is 41.7 Å². The number of carbonyl (C=O) groups excluding carboxylic acids is 4. The fourth-order valence-electron chi connectivity index (χ4n) is 5.37. The number of nitrogens with zero attached hydrogens (tertiary/aromatic N) is 2. The van der Waals surface area contributed by atoms with Gasteiger partial charge in [-0.3, -0.25) is 34.2 Å². The Labute approximate surface area is 170 Å². The van der Waals surface area contributed by atoms with Crippen LogP contribution in [0.3, 0.4) is 0 Å². The fourth-order valence-corrected chi connectivity index (χ4v) is 5.37. The summed E-state index contributed by atoms with van der Waals surface area (Å²) in [6, 6.07) is 5.10. The van der Waals surface area contributed by atoms with Crippen LogP contribution in [-0.4, -0.2) is 46.5 Å². The van der Waals surface area contributed by atoms with Crippen LogP contribution in [0.2, 0.25) is 0 Å². The van der Waals surface area contributed by atoms with Gasteiger partial charge in [-0.25, -0.2) is 0 Å². The van der Waals surface area contributed by atoms with Crippen molar-refractivity contribution in [3.8, 4) is 0 Å². The van der Waals surface area contributed by atoms with Gasteiger partial charge in [0.05, 0.1) is 16.8 Å². The molecule has 6 rings (SSSR count). The predicted molar refractivity (Wildman–Crippen MR) is 99.8 cm³/mol. The second-order valence-corrected chi connectivity index (χ2v) is 8.31. The molecule has 2 saturated carbocycles. The number of esters is 1. The number of hydrogen-bond donors (Lipinski definition) is 0. The van der Waals surface area contributed by atoms with E-state index in [1.807, 2.05) is 12.2 Å². The molecule has 2 amide bonds. The Bertz CT molecular complexity index is 996. The Hall–Kier alpha value is -3.36. The molecule has 1 heterocycles. The molecule has 6 atom stereocenters. The van der Waals surface area contributed by atoms with E-state index in [0.29, 0.717) is 11.8 Å². The number of rotatable bonds is 6. The summed E-state index contributed by atoms with van der Waals surface area (Å²) in [4.78, 5) is 61.2. The molecule has 1 aromatic carbocycles. The van der Waals surface area contributed by atoms with Gasteiger partial charge in [0, 0.05) is 17.7 Å². The van der Waals surface area contributed by atoms with Crippen LogP contribution in [0.4, 0.5) is 5.69 Å². The molecule has 1 aromatic rings. The number of imide groups is 1. The molecule has 154 valence electrons. The zero-order valence-electron chi connectivity index (χ0n) is 15.8. The number of likely N-dealkylation sites (tertiary alicyclic amines) is 1. The molecule has 0 radical (unpaired) electrons. The topological polar surface area (TPSA) is 124 Å². The number of non-ortho nitro benzene ring substituents is 1. The molecule has 1 aliphatic heterocycles. The van der Waals surface area contributed by atoms with Gasteiger partial charge in [-0.2, -0.15) is 0 Å². The Morgan fingerprint density at radius 3 is 2.33 bits per heavy atom. The van der Waals surface area contributed by atoms with Gasteiger partial charge in [-0.05, 0) is 30.1 Å². The molecule has 9 nitrogen and oxygen atoms in total. The maximum atomic E-state index is 12.8. The summed E-state index contributed by atoms with van der Waals surface area (Å²) in [6.45, 7) is -1.15. The van der Waals surface area contributed by atoms with Crippen molar-refractivity contribution in [2.75, 3.05) is 13.2 Å². The van der Waals surface area contributed by atoms with Gasteiger partial charge in [0.1, 0.15) is 6.54 Å². The van der Waals surface area contributed by atoms with E-state index in [4.69, 9.17) is 4.74 Å². The molecule has 3 fully saturated rings. The molecule has 30 heavy (non-hydrogen) atoms. The summed E-state index contributed by atoms with van der Waals surface area (Å²) in [7, 11) is 0. The Kier molecular flexibility index (Phi) is 4.09. The van der Waals surface area contributed by atoms with Crippen LogP contribution in [0.25, 0.3) is 0 Å². The highest BCUT2D eigenvalue weighted by Crippen LogP contribution is 2.65. The van der Waals surface area contributed by atoms with Crippen molar-refractivity contribution >= 4 is 29.3 Å². The zero-order valence-corrected chi connectivity index (χ0v) is 15.8. The van der Waals surface area contributed by atoms with Crippen LogP contribution >= 0.6 is 0 Å². The first kappa shape index (κ1) is 18.7. The average molecular weight is 410 g/mol. The molecule has 4 aliphatic carbocycles. The van der Waals surface area contributed by atoms with Crippen molar-refractivity contribution in [3.63, 3.8) is 0 Å². The van der Waals surface area contributed by atoms with Crippen molar-refractivity contribution < 1.29 is 28.8 Å². The zero-order chi connectivity index (χ0) is 21.2. The number of nitro benzene ring substituents is 1. The van der Waals surface area contributed by atoms with Gasteiger partial charge in [-0.1, -0.05) is 24.3 Å². The van der Waals surface area contributed by atoms with E-state index in [2.05, 4.69) is 0 Å². The Morgan fingerprint density at radius 1 is 1.10 bits per heavy atom. The van der Waals surface area contributed by atoms with Crippen molar-refractivity contribution in [2.24, 2.45) is 35.5 Å². The number of Topliss-reactive ketones (excluding diaryl/α,β-unsaturated/α-hetero) is 1. The van der Waals surface area contributed by atoms with Gasteiger partial charge in [-0.15, -0.1) is 0 Å². The first-order chi connectivity index (χ1) is 14.4. The largest absolute Gasteiger partial charge is 0.456 e. The number of ether oxygens (including phenoxy) is 1. The lowest BCUT2D eigenvalue weighted by atomic mass is 9.63. The first-order valence-corrected chi connectivity index (χ1v) is 9.83. The number of amides is 2. The molecule has 0 unspecified atom stereocenters. The van der Waals surface area contributed by atoms with Crippen molar-refractivity contribution in [1.82, 2.24) is 4.90 Å². The van der Waals surface area contributed by atoms with Gasteiger partial charge in [0.2, 0.25) is 17.6 Å². The first-order valence-electron chi connectivity index (χ1n) is 9.83. The summed E-state index contributed by atoms with van der Waals surface area (Å²) in [5.41, 5.74) is -0.206. The lowest BCUT2D eigenvalue weighted by Gasteiger charge is -2.37. The molecule has 0 aromatic heterocycles. The molecule has 2 bridgehead atoms. The van der Waals surface area contributed by atoms with E-state index in [-0.39, 0.29) is 34.9 Å². The monoisotopic (exact) mass is 410 g/mol. The van der Waals surface area contributed by atoms with E-state index >= 15 is 0 Å². The molecular formula is C21H18N2O7. The molecule has 1 saturated heterocycles. The van der Waals surface area contributed by atoms with Crippen LogP contribution < -0.4 is 0 Å². The summed E-state index contributed by atoms with van der Waals surface area (Å²) in [5.74, 6) is -1.85. The van der Waals surface area contributed by atoms with Gasteiger partial charge in [0.15, 0.2) is 6.61 Å². The van der Waals surface area contributed by atoms with Crippen LogP contribution in [0.5, 0.6) is 0 Å².